The molecule has 1 aliphatic rings. The highest BCUT2D eigenvalue weighted by molar-refractivity contribution is 5.81. The first-order chi connectivity index (χ1) is 11.6. The highest BCUT2D eigenvalue weighted by Gasteiger charge is 2.43. The lowest BCUT2D eigenvalue weighted by Gasteiger charge is -2.32. The molecule has 126 valence electrons. The van der Waals surface area contributed by atoms with Crippen molar-refractivity contribution in [2.24, 2.45) is 5.92 Å². The summed E-state index contributed by atoms with van der Waals surface area (Å²) in [6, 6.07) is 17.6. The number of carbonyl (C=O) groups is 1. The Morgan fingerprint density at radius 1 is 1.08 bits per heavy atom. The average Bonchev–Trinajstić information content (AvgIpc) is 3.15. The number of hydrogen-bond donors (Lipinski definition) is 1. The summed E-state index contributed by atoms with van der Waals surface area (Å²) in [6.45, 7) is 2.38. The minimum Gasteiger partial charge on any atom is -0.489 e. The Hall–Kier alpha value is -2.29. The zero-order valence-corrected chi connectivity index (χ0v) is 14.1. The third kappa shape index (κ3) is 3.30. The number of rotatable bonds is 6. The number of hydrogen-bond acceptors (Lipinski definition) is 2. The lowest BCUT2D eigenvalue weighted by Crippen LogP contribution is -2.39. The SMILES string of the molecule is CC(C(=O)O)(c1ccc(OCc2ccccc2)cc1)C1CCCC1. The van der Waals surface area contributed by atoms with Gasteiger partial charge >= 0.3 is 5.97 Å². The number of ether oxygens (including phenoxy) is 1. The molecule has 3 nitrogen and oxygen atoms in total. The fourth-order valence-corrected chi connectivity index (χ4v) is 3.68. The maximum Gasteiger partial charge on any atom is 0.314 e. The van der Waals surface area contributed by atoms with Crippen molar-refractivity contribution in [3.63, 3.8) is 0 Å². The summed E-state index contributed by atoms with van der Waals surface area (Å²) in [4.78, 5) is 12.0. The van der Waals surface area contributed by atoms with Gasteiger partial charge in [0, 0.05) is 0 Å². The van der Waals surface area contributed by atoms with Crippen molar-refractivity contribution >= 4 is 5.97 Å². The Bertz CT molecular complexity index is 672. The zero-order valence-electron chi connectivity index (χ0n) is 14.1. The largest absolute Gasteiger partial charge is 0.489 e. The van der Waals surface area contributed by atoms with Gasteiger partial charge in [-0.3, -0.25) is 4.79 Å². The smallest absolute Gasteiger partial charge is 0.314 e. The second-order valence-electron chi connectivity index (χ2n) is 6.79. The third-order valence-corrected chi connectivity index (χ3v) is 5.32. The fourth-order valence-electron chi connectivity index (χ4n) is 3.68. The van der Waals surface area contributed by atoms with Gasteiger partial charge in [0.1, 0.15) is 12.4 Å². The monoisotopic (exact) mass is 324 g/mol. The fraction of sp³-hybridized carbons (Fsp3) is 0.381. The third-order valence-electron chi connectivity index (χ3n) is 5.32. The molecule has 0 spiro atoms. The van der Waals surface area contributed by atoms with E-state index in [0.29, 0.717) is 6.61 Å². The van der Waals surface area contributed by atoms with Gasteiger partial charge in [-0.25, -0.2) is 0 Å². The van der Waals surface area contributed by atoms with Crippen LogP contribution in [0.4, 0.5) is 0 Å². The Balaban J connectivity index is 1.73. The van der Waals surface area contributed by atoms with Crippen LogP contribution in [0.3, 0.4) is 0 Å². The van der Waals surface area contributed by atoms with E-state index in [2.05, 4.69) is 0 Å². The van der Waals surface area contributed by atoms with Crippen LogP contribution in [0.25, 0.3) is 0 Å². The highest BCUT2D eigenvalue weighted by atomic mass is 16.5. The molecule has 1 atom stereocenters. The molecule has 0 aromatic heterocycles. The van der Waals surface area contributed by atoms with Gasteiger partial charge in [-0.2, -0.15) is 0 Å². The van der Waals surface area contributed by atoms with Crippen molar-refractivity contribution in [2.75, 3.05) is 0 Å². The molecule has 0 amide bonds. The molecule has 0 heterocycles. The second kappa shape index (κ2) is 7.08. The molecule has 3 heteroatoms. The summed E-state index contributed by atoms with van der Waals surface area (Å²) in [5, 5.41) is 9.84. The zero-order chi connectivity index (χ0) is 17.0. The Kier molecular flexibility index (Phi) is 4.89. The van der Waals surface area contributed by atoms with Crippen molar-refractivity contribution in [1.29, 1.82) is 0 Å². The van der Waals surface area contributed by atoms with Gasteiger partial charge in [-0.05, 0) is 48.9 Å². The maximum absolute atomic E-state index is 12.0. The molecule has 0 radical (unpaired) electrons. The molecule has 0 saturated heterocycles. The first kappa shape index (κ1) is 16.6. The van der Waals surface area contributed by atoms with E-state index in [-0.39, 0.29) is 5.92 Å². The van der Waals surface area contributed by atoms with Crippen LogP contribution < -0.4 is 4.74 Å². The lowest BCUT2D eigenvalue weighted by molar-refractivity contribution is -0.145. The summed E-state index contributed by atoms with van der Waals surface area (Å²) in [7, 11) is 0. The second-order valence-corrected chi connectivity index (χ2v) is 6.79. The van der Waals surface area contributed by atoms with E-state index >= 15 is 0 Å². The molecule has 2 aromatic rings. The summed E-state index contributed by atoms with van der Waals surface area (Å²) in [5.74, 6) is 0.250. The summed E-state index contributed by atoms with van der Waals surface area (Å²) >= 11 is 0. The average molecular weight is 324 g/mol. The molecule has 1 N–H and O–H groups in total. The van der Waals surface area contributed by atoms with Gasteiger partial charge in [0.05, 0.1) is 5.41 Å². The lowest BCUT2D eigenvalue weighted by atomic mass is 9.71. The molecule has 1 fully saturated rings. The summed E-state index contributed by atoms with van der Waals surface area (Å²) in [6.07, 6.45) is 4.25. The number of benzene rings is 2. The van der Waals surface area contributed by atoms with Crippen LogP contribution in [-0.2, 0) is 16.8 Å². The maximum atomic E-state index is 12.0. The summed E-state index contributed by atoms with van der Waals surface area (Å²) < 4.78 is 5.80. The minimum absolute atomic E-state index is 0.214. The molecule has 24 heavy (non-hydrogen) atoms. The first-order valence-corrected chi connectivity index (χ1v) is 8.61. The van der Waals surface area contributed by atoms with Crippen molar-refractivity contribution in [2.45, 2.75) is 44.6 Å². The molecule has 1 aliphatic carbocycles. The van der Waals surface area contributed by atoms with Gasteiger partial charge < -0.3 is 9.84 Å². The number of aliphatic carboxylic acids is 1. The summed E-state index contributed by atoms with van der Waals surface area (Å²) in [5.41, 5.74) is 1.17. The van der Waals surface area contributed by atoms with Crippen LogP contribution >= 0.6 is 0 Å². The quantitative estimate of drug-likeness (QED) is 0.830. The molecule has 1 saturated carbocycles. The Labute approximate surface area is 143 Å². The predicted octanol–water partition coefficient (Wildman–Crippen LogP) is 4.80. The Morgan fingerprint density at radius 2 is 1.71 bits per heavy atom. The molecule has 1 unspecified atom stereocenters. The number of carboxylic acid groups (broad SMARTS) is 1. The highest BCUT2D eigenvalue weighted by Crippen LogP contribution is 2.42. The van der Waals surface area contributed by atoms with E-state index < -0.39 is 11.4 Å². The molecular formula is C21H24O3. The standard InChI is InChI=1S/C21H24O3/c1-21(20(22)23,17-9-5-6-10-17)18-11-13-19(14-12-18)24-15-16-7-3-2-4-8-16/h2-4,7-8,11-14,17H,5-6,9-10,15H2,1H3,(H,22,23). The van der Waals surface area contributed by atoms with E-state index in [1.54, 1.807) is 0 Å². The predicted molar refractivity (Wildman–Crippen MR) is 94.2 cm³/mol. The van der Waals surface area contributed by atoms with Crippen molar-refractivity contribution in [3.05, 3.63) is 65.7 Å². The molecule has 3 rings (SSSR count). The van der Waals surface area contributed by atoms with Crippen LogP contribution in [0.15, 0.2) is 54.6 Å². The minimum atomic E-state index is -0.811. The first-order valence-electron chi connectivity index (χ1n) is 8.61. The topological polar surface area (TPSA) is 46.5 Å². The van der Waals surface area contributed by atoms with Gasteiger partial charge in [0.15, 0.2) is 0 Å². The molecule has 0 bridgehead atoms. The van der Waals surface area contributed by atoms with Crippen LogP contribution in [0.5, 0.6) is 5.75 Å². The number of carboxylic acids is 1. The molecule has 2 aromatic carbocycles. The molecular weight excluding hydrogens is 300 g/mol. The normalized spacial score (nSPS) is 17.4. The van der Waals surface area contributed by atoms with Crippen molar-refractivity contribution in [1.82, 2.24) is 0 Å². The Morgan fingerprint density at radius 3 is 2.29 bits per heavy atom. The van der Waals surface area contributed by atoms with Gasteiger partial charge in [-0.1, -0.05) is 55.3 Å². The van der Waals surface area contributed by atoms with E-state index in [4.69, 9.17) is 4.74 Å². The molecule has 0 aliphatic heterocycles. The van der Waals surface area contributed by atoms with Gasteiger partial charge in [-0.15, -0.1) is 0 Å². The van der Waals surface area contributed by atoms with Gasteiger partial charge in [0.2, 0.25) is 0 Å². The van der Waals surface area contributed by atoms with Crippen molar-refractivity contribution in [3.8, 4) is 5.75 Å². The van der Waals surface area contributed by atoms with E-state index in [0.717, 1.165) is 42.6 Å². The van der Waals surface area contributed by atoms with E-state index in [1.807, 2.05) is 61.5 Å². The van der Waals surface area contributed by atoms with Crippen LogP contribution in [0.2, 0.25) is 0 Å². The van der Waals surface area contributed by atoms with E-state index in [9.17, 15) is 9.90 Å². The van der Waals surface area contributed by atoms with E-state index in [1.165, 1.54) is 0 Å². The van der Waals surface area contributed by atoms with Crippen molar-refractivity contribution < 1.29 is 14.6 Å². The van der Waals surface area contributed by atoms with Crippen LogP contribution in [0, 0.1) is 5.92 Å². The van der Waals surface area contributed by atoms with Gasteiger partial charge in [0.25, 0.3) is 0 Å². The van der Waals surface area contributed by atoms with Crippen LogP contribution in [-0.4, -0.2) is 11.1 Å². The van der Waals surface area contributed by atoms with Crippen LogP contribution in [0.1, 0.15) is 43.7 Å².